The van der Waals surface area contributed by atoms with Crippen LogP contribution in [0.4, 0.5) is 5.69 Å². The second-order valence-electron chi connectivity index (χ2n) is 3.51. The minimum atomic E-state index is -0.311. The number of pyridine rings is 1. The van der Waals surface area contributed by atoms with Crippen molar-refractivity contribution in [2.24, 2.45) is 0 Å². The van der Waals surface area contributed by atoms with Gasteiger partial charge in [0.05, 0.1) is 17.8 Å². The number of ether oxygens (including phenoxy) is 1. The maximum atomic E-state index is 11.4. The second-order valence-corrected chi connectivity index (χ2v) is 3.91. The molecule has 0 amide bonds. The van der Waals surface area contributed by atoms with Gasteiger partial charge in [0.25, 0.3) is 5.56 Å². The zero-order chi connectivity index (χ0) is 12.4. The lowest BCUT2D eigenvalue weighted by Crippen LogP contribution is -2.11. The standard InChI is InChI=1S/C12H11ClN2O2/c1-17-11-5-2-7(6-8(11)13)10-4-3-9(14)12(16)15-10/h2-6H,14H2,1H3,(H,15,16). The topological polar surface area (TPSA) is 68.1 Å². The van der Waals surface area contributed by atoms with Crippen molar-refractivity contribution in [2.75, 3.05) is 12.8 Å². The molecule has 0 bridgehead atoms. The van der Waals surface area contributed by atoms with Gasteiger partial charge in [-0.25, -0.2) is 0 Å². The number of H-pyrrole nitrogens is 1. The van der Waals surface area contributed by atoms with E-state index in [1.807, 2.05) is 6.07 Å². The average molecular weight is 251 g/mol. The van der Waals surface area contributed by atoms with E-state index in [0.717, 1.165) is 5.56 Å². The molecule has 0 aliphatic heterocycles. The predicted octanol–water partition coefficient (Wildman–Crippen LogP) is 2.29. The number of nitrogens with one attached hydrogen (secondary N) is 1. The first kappa shape index (κ1) is 11.5. The number of rotatable bonds is 2. The molecule has 0 aliphatic rings. The van der Waals surface area contributed by atoms with Gasteiger partial charge in [-0.15, -0.1) is 0 Å². The molecule has 17 heavy (non-hydrogen) atoms. The minimum Gasteiger partial charge on any atom is -0.495 e. The molecule has 1 aromatic carbocycles. The van der Waals surface area contributed by atoms with E-state index in [1.165, 1.54) is 0 Å². The Kier molecular flexibility index (Phi) is 3.06. The van der Waals surface area contributed by atoms with Gasteiger partial charge < -0.3 is 15.5 Å². The zero-order valence-corrected chi connectivity index (χ0v) is 9.91. The molecule has 0 atom stereocenters. The van der Waals surface area contributed by atoms with Gasteiger partial charge in [-0.3, -0.25) is 4.79 Å². The molecule has 88 valence electrons. The van der Waals surface area contributed by atoms with Gasteiger partial charge in [0, 0.05) is 5.69 Å². The molecule has 2 rings (SSSR count). The second kappa shape index (κ2) is 4.51. The number of hydrogen-bond donors (Lipinski definition) is 2. The number of benzene rings is 1. The van der Waals surface area contributed by atoms with Crippen LogP contribution in [0.5, 0.6) is 5.75 Å². The van der Waals surface area contributed by atoms with Gasteiger partial charge in [0.1, 0.15) is 5.75 Å². The summed E-state index contributed by atoms with van der Waals surface area (Å²) in [5, 5.41) is 0.489. The Balaban J connectivity index is 2.50. The molecular formula is C12H11ClN2O2. The lowest BCUT2D eigenvalue weighted by atomic mass is 10.1. The molecular weight excluding hydrogens is 240 g/mol. The monoisotopic (exact) mass is 250 g/mol. The summed E-state index contributed by atoms with van der Waals surface area (Å²) >= 11 is 6.01. The molecule has 1 aromatic heterocycles. The third-order valence-electron chi connectivity index (χ3n) is 2.40. The molecule has 4 nitrogen and oxygen atoms in total. The summed E-state index contributed by atoms with van der Waals surface area (Å²) in [5.41, 5.74) is 6.79. The van der Waals surface area contributed by atoms with Gasteiger partial charge in [-0.2, -0.15) is 0 Å². The molecule has 0 unspecified atom stereocenters. The molecule has 0 saturated carbocycles. The van der Waals surface area contributed by atoms with Crippen molar-refractivity contribution in [3.8, 4) is 17.0 Å². The fourth-order valence-electron chi connectivity index (χ4n) is 1.49. The highest BCUT2D eigenvalue weighted by Crippen LogP contribution is 2.28. The van der Waals surface area contributed by atoms with Gasteiger partial charge in [0.15, 0.2) is 0 Å². The van der Waals surface area contributed by atoms with Crippen LogP contribution in [0.1, 0.15) is 0 Å². The third kappa shape index (κ3) is 2.26. The summed E-state index contributed by atoms with van der Waals surface area (Å²) < 4.78 is 5.05. The summed E-state index contributed by atoms with van der Waals surface area (Å²) in [6.45, 7) is 0. The number of hydrogen-bond acceptors (Lipinski definition) is 3. The lowest BCUT2D eigenvalue weighted by molar-refractivity contribution is 0.415. The van der Waals surface area contributed by atoms with Crippen molar-refractivity contribution in [1.29, 1.82) is 0 Å². The van der Waals surface area contributed by atoms with Gasteiger partial charge in [-0.05, 0) is 35.9 Å². The first-order valence-electron chi connectivity index (χ1n) is 4.94. The predicted molar refractivity (Wildman–Crippen MR) is 68.5 cm³/mol. The van der Waals surface area contributed by atoms with E-state index in [4.69, 9.17) is 22.1 Å². The molecule has 0 fully saturated rings. The molecule has 5 heteroatoms. The number of nitrogen functional groups attached to an aromatic ring is 1. The summed E-state index contributed by atoms with van der Waals surface area (Å²) in [4.78, 5) is 14.1. The van der Waals surface area contributed by atoms with Crippen molar-refractivity contribution < 1.29 is 4.74 Å². The third-order valence-corrected chi connectivity index (χ3v) is 2.70. The Morgan fingerprint density at radius 3 is 2.65 bits per heavy atom. The van der Waals surface area contributed by atoms with Crippen molar-refractivity contribution >= 4 is 17.3 Å². The van der Waals surface area contributed by atoms with Gasteiger partial charge in [0.2, 0.25) is 0 Å². The van der Waals surface area contributed by atoms with E-state index in [9.17, 15) is 4.79 Å². The Labute approximate surface area is 103 Å². The Hall–Kier alpha value is -1.94. The largest absolute Gasteiger partial charge is 0.495 e. The number of halogens is 1. The normalized spacial score (nSPS) is 10.2. The van der Waals surface area contributed by atoms with Crippen LogP contribution in [0, 0.1) is 0 Å². The minimum absolute atomic E-state index is 0.188. The number of methoxy groups -OCH3 is 1. The maximum Gasteiger partial charge on any atom is 0.271 e. The molecule has 0 saturated heterocycles. The van der Waals surface area contributed by atoms with Crippen molar-refractivity contribution in [1.82, 2.24) is 4.98 Å². The van der Waals surface area contributed by atoms with E-state index < -0.39 is 0 Å². The Bertz CT molecular complexity index is 608. The van der Waals surface area contributed by atoms with Crippen molar-refractivity contribution in [3.63, 3.8) is 0 Å². The van der Waals surface area contributed by atoms with E-state index in [1.54, 1.807) is 31.4 Å². The van der Waals surface area contributed by atoms with Crippen LogP contribution in [0.25, 0.3) is 11.3 Å². The SMILES string of the molecule is COc1ccc(-c2ccc(N)c(=O)[nH]2)cc1Cl. The number of nitrogens with two attached hydrogens (primary N) is 1. The van der Waals surface area contributed by atoms with E-state index >= 15 is 0 Å². The van der Waals surface area contributed by atoms with Crippen LogP contribution in [-0.4, -0.2) is 12.1 Å². The molecule has 0 aliphatic carbocycles. The lowest BCUT2D eigenvalue weighted by Gasteiger charge is -2.06. The number of anilines is 1. The fraction of sp³-hybridized carbons (Fsp3) is 0.0833. The van der Waals surface area contributed by atoms with E-state index in [2.05, 4.69) is 4.98 Å². The van der Waals surface area contributed by atoms with Gasteiger partial charge >= 0.3 is 0 Å². The van der Waals surface area contributed by atoms with E-state index in [0.29, 0.717) is 16.5 Å². The summed E-state index contributed by atoms with van der Waals surface area (Å²) in [7, 11) is 1.55. The van der Waals surface area contributed by atoms with E-state index in [-0.39, 0.29) is 11.2 Å². The Morgan fingerprint density at radius 2 is 2.06 bits per heavy atom. The molecule has 2 aromatic rings. The molecule has 0 radical (unpaired) electrons. The van der Waals surface area contributed by atoms with Crippen LogP contribution >= 0.6 is 11.6 Å². The van der Waals surface area contributed by atoms with Crippen LogP contribution in [-0.2, 0) is 0 Å². The van der Waals surface area contributed by atoms with Crippen LogP contribution in [0.15, 0.2) is 35.1 Å². The highest BCUT2D eigenvalue weighted by molar-refractivity contribution is 6.32. The highest BCUT2D eigenvalue weighted by atomic mass is 35.5. The number of aromatic nitrogens is 1. The molecule has 1 heterocycles. The first-order valence-corrected chi connectivity index (χ1v) is 5.32. The quantitative estimate of drug-likeness (QED) is 0.859. The van der Waals surface area contributed by atoms with Crippen LogP contribution in [0.2, 0.25) is 5.02 Å². The van der Waals surface area contributed by atoms with Crippen LogP contribution < -0.4 is 16.0 Å². The maximum absolute atomic E-state index is 11.4. The highest BCUT2D eigenvalue weighted by Gasteiger charge is 2.05. The fourth-order valence-corrected chi connectivity index (χ4v) is 1.74. The smallest absolute Gasteiger partial charge is 0.271 e. The molecule has 0 spiro atoms. The first-order chi connectivity index (χ1) is 8.11. The Morgan fingerprint density at radius 1 is 1.29 bits per heavy atom. The average Bonchev–Trinajstić information content (AvgIpc) is 2.32. The summed E-state index contributed by atoms with van der Waals surface area (Å²) in [6, 6.07) is 8.57. The van der Waals surface area contributed by atoms with Crippen LogP contribution in [0.3, 0.4) is 0 Å². The summed E-state index contributed by atoms with van der Waals surface area (Å²) in [6.07, 6.45) is 0. The van der Waals surface area contributed by atoms with Crippen molar-refractivity contribution in [3.05, 3.63) is 45.7 Å². The number of aromatic amines is 1. The summed E-state index contributed by atoms with van der Waals surface area (Å²) in [5.74, 6) is 0.591. The van der Waals surface area contributed by atoms with Crippen molar-refractivity contribution in [2.45, 2.75) is 0 Å². The zero-order valence-electron chi connectivity index (χ0n) is 9.16. The molecule has 3 N–H and O–H groups in total. The van der Waals surface area contributed by atoms with Gasteiger partial charge in [-0.1, -0.05) is 11.6 Å².